The summed E-state index contributed by atoms with van der Waals surface area (Å²) >= 11 is 6.04. The molecule has 34 heavy (non-hydrogen) atoms. The van der Waals surface area contributed by atoms with E-state index in [-0.39, 0.29) is 5.82 Å². The number of carbonyl (C=O) groups excluding carboxylic acids is 1. The Morgan fingerprint density at radius 2 is 1.38 bits per heavy atom. The Morgan fingerprint density at radius 1 is 0.765 bits per heavy atom. The number of nitrogens with one attached hydrogen (secondary N) is 1. The van der Waals surface area contributed by atoms with Gasteiger partial charge in [-0.2, -0.15) is 0 Å². The van der Waals surface area contributed by atoms with Crippen LogP contribution in [0.4, 0.5) is 5.69 Å². The van der Waals surface area contributed by atoms with Gasteiger partial charge in [-0.25, -0.2) is 9.67 Å². The van der Waals surface area contributed by atoms with Gasteiger partial charge in [-0.1, -0.05) is 48.0 Å². The molecule has 0 spiro atoms. The van der Waals surface area contributed by atoms with Crippen molar-refractivity contribution in [2.24, 2.45) is 0 Å². The topological polar surface area (TPSA) is 69.0 Å². The number of carbonyl (C=O) groups is 1. The Bertz CT molecular complexity index is 1400. The van der Waals surface area contributed by atoms with E-state index in [0.717, 1.165) is 17.0 Å². The lowest BCUT2D eigenvalue weighted by Gasteiger charge is -2.07. The number of nitrogens with zero attached hydrogens (tertiary/aromatic N) is 3. The Balaban J connectivity index is 1.39. The average Bonchev–Trinajstić information content (AvgIpc) is 3.33. The van der Waals surface area contributed by atoms with Crippen LogP contribution in [-0.2, 0) is 0 Å². The molecule has 0 saturated carbocycles. The lowest BCUT2D eigenvalue weighted by Crippen LogP contribution is -2.14. The normalized spacial score (nSPS) is 10.6. The molecule has 1 N–H and O–H groups in total. The standard InChI is InChI=1S/C27H19ClN4O2/c28-20-13-11-19(12-14-20)26-30-25(31-32(26)22-7-3-1-4-8-22)27(33)29-21-15-17-24(18-16-21)34-23-9-5-2-6-10-23/h1-18H,(H,29,33). The zero-order valence-corrected chi connectivity index (χ0v) is 18.7. The first-order valence-electron chi connectivity index (χ1n) is 10.6. The van der Waals surface area contributed by atoms with E-state index in [1.165, 1.54) is 0 Å². The van der Waals surface area contributed by atoms with Crippen LogP contribution in [0, 0.1) is 0 Å². The number of halogens is 1. The van der Waals surface area contributed by atoms with Crippen LogP contribution < -0.4 is 10.1 Å². The molecule has 0 radical (unpaired) electrons. The fourth-order valence-electron chi connectivity index (χ4n) is 3.36. The van der Waals surface area contributed by atoms with E-state index in [2.05, 4.69) is 15.4 Å². The molecule has 0 aliphatic rings. The first-order chi connectivity index (χ1) is 16.7. The van der Waals surface area contributed by atoms with E-state index < -0.39 is 5.91 Å². The second kappa shape index (κ2) is 9.60. The number of rotatable bonds is 6. The first-order valence-corrected chi connectivity index (χ1v) is 11.0. The summed E-state index contributed by atoms with van der Waals surface area (Å²) in [4.78, 5) is 17.5. The summed E-state index contributed by atoms with van der Waals surface area (Å²) in [6, 6.07) is 33.4. The molecule has 5 rings (SSSR count). The van der Waals surface area contributed by atoms with Crippen molar-refractivity contribution in [3.8, 4) is 28.6 Å². The predicted molar refractivity (Wildman–Crippen MR) is 133 cm³/mol. The molecule has 0 atom stereocenters. The minimum atomic E-state index is -0.415. The van der Waals surface area contributed by atoms with Gasteiger partial charge in [-0.15, -0.1) is 5.10 Å². The summed E-state index contributed by atoms with van der Waals surface area (Å²) < 4.78 is 7.45. The maximum absolute atomic E-state index is 13.0. The minimum absolute atomic E-state index is 0.0541. The third-order valence-electron chi connectivity index (χ3n) is 5.00. The maximum atomic E-state index is 13.0. The lowest BCUT2D eigenvalue weighted by molar-refractivity contribution is 0.101. The molecule has 1 heterocycles. The van der Waals surface area contributed by atoms with Crippen molar-refractivity contribution in [3.05, 3.63) is 120 Å². The molecule has 0 aliphatic carbocycles. The van der Waals surface area contributed by atoms with Gasteiger partial charge in [0, 0.05) is 16.3 Å². The van der Waals surface area contributed by atoms with Crippen molar-refractivity contribution < 1.29 is 9.53 Å². The Kier molecular flexibility index (Phi) is 6.05. The summed E-state index contributed by atoms with van der Waals surface area (Å²) in [6.45, 7) is 0. The first kappa shape index (κ1) is 21.4. The van der Waals surface area contributed by atoms with Crippen LogP contribution in [0.15, 0.2) is 109 Å². The van der Waals surface area contributed by atoms with Crippen molar-refractivity contribution >= 4 is 23.2 Å². The quantitative estimate of drug-likeness (QED) is 0.305. The monoisotopic (exact) mass is 466 g/mol. The van der Waals surface area contributed by atoms with Crippen LogP contribution in [0.2, 0.25) is 5.02 Å². The molecule has 5 aromatic rings. The largest absolute Gasteiger partial charge is 0.457 e. The van der Waals surface area contributed by atoms with Gasteiger partial charge in [-0.05, 0) is 72.8 Å². The van der Waals surface area contributed by atoms with E-state index >= 15 is 0 Å². The highest BCUT2D eigenvalue weighted by Gasteiger charge is 2.19. The Morgan fingerprint density at radius 3 is 2.06 bits per heavy atom. The molecule has 0 unspecified atom stereocenters. The van der Waals surface area contributed by atoms with Crippen molar-refractivity contribution in [2.75, 3.05) is 5.32 Å². The summed E-state index contributed by atoms with van der Waals surface area (Å²) in [5.41, 5.74) is 2.19. The molecule has 1 amide bonds. The lowest BCUT2D eigenvalue weighted by atomic mass is 10.2. The second-order valence-electron chi connectivity index (χ2n) is 7.41. The van der Waals surface area contributed by atoms with E-state index in [0.29, 0.717) is 22.3 Å². The number of anilines is 1. The van der Waals surface area contributed by atoms with Crippen LogP contribution in [0.1, 0.15) is 10.6 Å². The smallest absolute Gasteiger partial charge is 0.295 e. The zero-order chi connectivity index (χ0) is 23.3. The van der Waals surface area contributed by atoms with Gasteiger partial charge >= 0.3 is 0 Å². The third kappa shape index (κ3) is 4.82. The van der Waals surface area contributed by atoms with Crippen molar-refractivity contribution in [2.45, 2.75) is 0 Å². The van der Waals surface area contributed by atoms with E-state index in [1.807, 2.05) is 72.8 Å². The molecular weight excluding hydrogens is 448 g/mol. The number of para-hydroxylation sites is 2. The number of ether oxygens (including phenoxy) is 1. The van der Waals surface area contributed by atoms with Gasteiger partial charge in [0.1, 0.15) is 11.5 Å². The van der Waals surface area contributed by atoms with Crippen molar-refractivity contribution in [1.82, 2.24) is 14.8 Å². The molecule has 4 aromatic carbocycles. The Hall–Kier alpha value is -4.42. The second-order valence-corrected chi connectivity index (χ2v) is 7.84. The van der Waals surface area contributed by atoms with Gasteiger partial charge in [0.05, 0.1) is 5.69 Å². The predicted octanol–water partition coefficient (Wildman–Crippen LogP) is 6.63. The van der Waals surface area contributed by atoms with Crippen LogP contribution in [0.3, 0.4) is 0 Å². The van der Waals surface area contributed by atoms with Crippen LogP contribution in [0.25, 0.3) is 17.1 Å². The van der Waals surface area contributed by atoms with Gasteiger partial charge in [0.2, 0.25) is 5.82 Å². The fourth-order valence-corrected chi connectivity index (χ4v) is 3.49. The minimum Gasteiger partial charge on any atom is -0.457 e. The van der Waals surface area contributed by atoms with Crippen molar-refractivity contribution in [3.63, 3.8) is 0 Å². The van der Waals surface area contributed by atoms with Crippen LogP contribution >= 0.6 is 11.6 Å². The molecular formula is C27H19ClN4O2. The summed E-state index contributed by atoms with van der Waals surface area (Å²) in [5, 5.41) is 7.95. The number of amides is 1. The molecule has 6 nitrogen and oxygen atoms in total. The average molecular weight is 467 g/mol. The number of hydrogen-bond acceptors (Lipinski definition) is 4. The van der Waals surface area contributed by atoms with E-state index in [9.17, 15) is 4.79 Å². The summed E-state index contributed by atoms with van der Waals surface area (Å²) in [7, 11) is 0. The number of aromatic nitrogens is 3. The highest BCUT2D eigenvalue weighted by Crippen LogP contribution is 2.25. The highest BCUT2D eigenvalue weighted by atomic mass is 35.5. The van der Waals surface area contributed by atoms with Gasteiger partial charge in [0.15, 0.2) is 5.82 Å². The third-order valence-corrected chi connectivity index (χ3v) is 5.26. The van der Waals surface area contributed by atoms with Crippen LogP contribution in [0.5, 0.6) is 11.5 Å². The van der Waals surface area contributed by atoms with E-state index in [4.69, 9.17) is 16.3 Å². The van der Waals surface area contributed by atoms with Crippen molar-refractivity contribution in [1.29, 1.82) is 0 Å². The molecule has 0 bridgehead atoms. The SMILES string of the molecule is O=C(Nc1ccc(Oc2ccccc2)cc1)c1nc(-c2ccc(Cl)cc2)n(-c2ccccc2)n1. The highest BCUT2D eigenvalue weighted by molar-refractivity contribution is 6.30. The number of hydrogen-bond donors (Lipinski definition) is 1. The number of benzene rings is 4. The van der Waals surface area contributed by atoms with Gasteiger partial charge in [0.25, 0.3) is 5.91 Å². The van der Waals surface area contributed by atoms with E-state index in [1.54, 1.807) is 41.1 Å². The fraction of sp³-hybridized carbons (Fsp3) is 0. The summed E-state index contributed by atoms with van der Waals surface area (Å²) in [6.07, 6.45) is 0. The van der Waals surface area contributed by atoms with Crippen LogP contribution in [-0.4, -0.2) is 20.7 Å². The molecule has 1 aromatic heterocycles. The maximum Gasteiger partial charge on any atom is 0.295 e. The molecule has 166 valence electrons. The molecule has 7 heteroatoms. The molecule has 0 aliphatic heterocycles. The molecule has 0 fully saturated rings. The molecule has 0 saturated heterocycles. The van der Waals surface area contributed by atoms with Gasteiger partial charge < -0.3 is 10.1 Å². The Labute approximate surface area is 201 Å². The summed E-state index contributed by atoms with van der Waals surface area (Å²) in [5.74, 6) is 1.59. The van der Waals surface area contributed by atoms with Gasteiger partial charge in [-0.3, -0.25) is 4.79 Å². The zero-order valence-electron chi connectivity index (χ0n) is 17.9.